The summed E-state index contributed by atoms with van der Waals surface area (Å²) in [6, 6.07) is 0.430. The molecule has 2 N–H and O–H groups in total. The van der Waals surface area contributed by atoms with Crippen molar-refractivity contribution >= 4 is 39.4 Å². The number of nitrogens with zero attached hydrogens (tertiary/aromatic N) is 2. The molecule has 2 rings (SSSR count). The van der Waals surface area contributed by atoms with Crippen LogP contribution in [0, 0.1) is 0 Å². The lowest BCUT2D eigenvalue weighted by Crippen LogP contribution is -2.40. The molecule has 0 bridgehead atoms. The van der Waals surface area contributed by atoms with Gasteiger partial charge in [0.15, 0.2) is 0 Å². The summed E-state index contributed by atoms with van der Waals surface area (Å²) >= 11 is 9.02. The second kappa shape index (κ2) is 5.44. The normalized spacial score (nSPS) is 22.6. The molecule has 1 amide bonds. The number of aliphatic hydroxyl groups excluding tert-OH is 1. The molecule has 0 aliphatic carbocycles. The van der Waals surface area contributed by atoms with Crippen molar-refractivity contribution in [3.8, 4) is 0 Å². The quantitative estimate of drug-likeness (QED) is 0.782. The number of carboxylic acids is 1. The van der Waals surface area contributed by atoms with E-state index in [4.69, 9.17) is 16.7 Å². The van der Waals surface area contributed by atoms with E-state index < -0.39 is 24.0 Å². The third-order valence-electron chi connectivity index (χ3n) is 2.86. The Balaban J connectivity index is 2.33. The summed E-state index contributed by atoms with van der Waals surface area (Å²) in [5, 5.41) is 18.6. The van der Waals surface area contributed by atoms with E-state index in [1.54, 1.807) is 0 Å². The monoisotopic (exact) mass is 348 g/mol. The Morgan fingerprint density at radius 1 is 1.53 bits per heavy atom. The fourth-order valence-corrected chi connectivity index (χ4v) is 2.52. The Bertz CT molecular complexity index is 539. The van der Waals surface area contributed by atoms with Crippen LogP contribution in [0.4, 0.5) is 0 Å². The summed E-state index contributed by atoms with van der Waals surface area (Å²) < 4.78 is 0.562. The number of rotatable bonds is 2. The van der Waals surface area contributed by atoms with Gasteiger partial charge in [-0.2, -0.15) is 0 Å². The Morgan fingerprint density at radius 3 is 2.84 bits per heavy atom. The number of halogens is 2. The summed E-state index contributed by atoms with van der Waals surface area (Å²) in [6.07, 6.45) is 0.608. The molecule has 1 aliphatic heterocycles. The number of pyridine rings is 1. The second-order valence-corrected chi connectivity index (χ2v) is 5.47. The maximum absolute atomic E-state index is 12.3. The number of carbonyl (C=O) groups excluding carboxylic acids is 1. The molecule has 6 nitrogen and oxygen atoms in total. The Hall–Kier alpha value is -1.18. The molecule has 19 heavy (non-hydrogen) atoms. The van der Waals surface area contributed by atoms with Crippen molar-refractivity contribution in [3.63, 3.8) is 0 Å². The summed E-state index contributed by atoms with van der Waals surface area (Å²) in [5.74, 6) is -1.70. The van der Waals surface area contributed by atoms with E-state index in [1.165, 1.54) is 12.3 Å². The summed E-state index contributed by atoms with van der Waals surface area (Å²) in [5.41, 5.74) is 0.108. The first-order valence-electron chi connectivity index (χ1n) is 5.43. The van der Waals surface area contributed by atoms with E-state index in [1.807, 2.05) is 0 Å². The number of β-amino-alcohol motifs (C(OH)–C–C–N with tert-alkyl or cyclic N) is 1. The molecule has 1 aliphatic rings. The van der Waals surface area contributed by atoms with Gasteiger partial charge in [0, 0.05) is 23.6 Å². The molecule has 0 saturated carbocycles. The fourth-order valence-electron chi connectivity index (χ4n) is 2.00. The highest BCUT2D eigenvalue weighted by Crippen LogP contribution is 2.25. The van der Waals surface area contributed by atoms with Crippen molar-refractivity contribution in [1.29, 1.82) is 0 Å². The molecule has 0 unspecified atom stereocenters. The largest absolute Gasteiger partial charge is 0.480 e. The number of hydrogen-bond donors (Lipinski definition) is 2. The van der Waals surface area contributed by atoms with Crippen molar-refractivity contribution in [1.82, 2.24) is 9.88 Å². The van der Waals surface area contributed by atoms with Crippen LogP contribution in [0.1, 0.15) is 16.8 Å². The Labute approximate surface area is 122 Å². The molecule has 0 aromatic carbocycles. The maximum atomic E-state index is 12.3. The van der Waals surface area contributed by atoms with Gasteiger partial charge in [-0.15, -0.1) is 0 Å². The topological polar surface area (TPSA) is 90.7 Å². The van der Waals surface area contributed by atoms with Crippen LogP contribution in [0.3, 0.4) is 0 Å². The highest BCUT2D eigenvalue weighted by molar-refractivity contribution is 9.10. The van der Waals surface area contributed by atoms with Gasteiger partial charge >= 0.3 is 5.97 Å². The Morgan fingerprint density at radius 2 is 2.21 bits per heavy atom. The van der Waals surface area contributed by atoms with E-state index in [0.29, 0.717) is 4.47 Å². The van der Waals surface area contributed by atoms with Crippen LogP contribution in [-0.2, 0) is 4.79 Å². The SMILES string of the molecule is O=C(O)[C@H]1C[C@@H](O)CN1C(=O)c1cc(Br)cnc1Cl. The molecule has 102 valence electrons. The van der Waals surface area contributed by atoms with Crippen LogP contribution in [0.15, 0.2) is 16.7 Å². The second-order valence-electron chi connectivity index (χ2n) is 4.19. The van der Waals surface area contributed by atoms with Crippen LogP contribution < -0.4 is 0 Å². The van der Waals surface area contributed by atoms with Gasteiger partial charge in [-0.05, 0) is 22.0 Å². The van der Waals surface area contributed by atoms with Crippen LogP contribution in [0.2, 0.25) is 5.15 Å². The molecule has 2 atom stereocenters. The van der Waals surface area contributed by atoms with Gasteiger partial charge < -0.3 is 15.1 Å². The smallest absolute Gasteiger partial charge is 0.326 e. The van der Waals surface area contributed by atoms with Crippen molar-refractivity contribution in [2.45, 2.75) is 18.6 Å². The Kier molecular flexibility index (Phi) is 4.07. The number of amides is 1. The minimum absolute atomic E-state index is 0.00118. The van der Waals surface area contributed by atoms with Crippen LogP contribution in [0.5, 0.6) is 0 Å². The van der Waals surface area contributed by atoms with E-state index in [-0.39, 0.29) is 23.7 Å². The average Bonchev–Trinajstić information content (AvgIpc) is 2.74. The van der Waals surface area contributed by atoms with Gasteiger partial charge in [-0.3, -0.25) is 4.79 Å². The number of carboxylic acid groups (broad SMARTS) is 1. The van der Waals surface area contributed by atoms with E-state index in [9.17, 15) is 14.7 Å². The molecule has 2 heterocycles. The number of carbonyl (C=O) groups is 2. The highest BCUT2D eigenvalue weighted by atomic mass is 79.9. The number of aliphatic carboxylic acids is 1. The lowest BCUT2D eigenvalue weighted by molar-refractivity contribution is -0.141. The van der Waals surface area contributed by atoms with Gasteiger partial charge in [0.05, 0.1) is 11.7 Å². The zero-order valence-corrected chi connectivity index (χ0v) is 11.9. The standard InChI is InChI=1S/C11H10BrClN2O4/c12-5-1-7(9(13)14-3-5)10(17)15-4-6(16)2-8(15)11(18)19/h1,3,6,8,16H,2,4H2,(H,18,19)/t6-,8-/m1/s1. The van der Waals surface area contributed by atoms with Crippen molar-refractivity contribution in [2.24, 2.45) is 0 Å². The number of aromatic nitrogens is 1. The minimum atomic E-state index is -1.15. The molecule has 1 fully saturated rings. The first kappa shape index (κ1) is 14.2. The average molecular weight is 350 g/mol. The number of likely N-dealkylation sites (tertiary alicyclic amines) is 1. The van der Waals surface area contributed by atoms with E-state index in [0.717, 1.165) is 4.90 Å². The third-order valence-corrected chi connectivity index (χ3v) is 3.60. The van der Waals surface area contributed by atoms with Gasteiger partial charge in [-0.1, -0.05) is 11.6 Å². The predicted octanol–water partition coefficient (Wildman–Crippen LogP) is 1.16. The lowest BCUT2D eigenvalue weighted by atomic mass is 10.2. The molecule has 8 heteroatoms. The first-order chi connectivity index (χ1) is 8.90. The zero-order valence-electron chi connectivity index (χ0n) is 9.58. The van der Waals surface area contributed by atoms with Gasteiger partial charge in [-0.25, -0.2) is 9.78 Å². The molecule has 0 radical (unpaired) electrons. The van der Waals surface area contributed by atoms with Gasteiger partial charge in [0.1, 0.15) is 11.2 Å². The summed E-state index contributed by atoms with van der Waals surface area (Å²) in [6.45, 7) is -0.0291. The zero-order chi connectivity index (χ0) is 14.2. The van der Waals surface area contributed by atoms with Crippen LogP contribution >= 0.6 is 27.5 Å². The number of aliphatic hydroxyl groups is 1. The minimum Gasteiger partial charge on any atom is -0.480 e. The van der Waals surface area contributed by atoms with E-state index in [2.05, 4.69) is 20.9 Å². The molecule has 1 aromatic heterocycles. The van der Waals surface area contributed by atoms with Crippen molar-refractivity contribution < 1.29 is 19.8 Å². The third kappa shape index (κ3) is 2.88. The van der Waals surface area contributed by atoms with E-state index >= 15 is 0 Å². The van der Waals surface area contributed by atoms with Gasteiger partial charge in [0.2, 0.25) is 0 Å². The maximum Gasteiger partial charge on any atom is 0.326 e. The molecular formula is C11H10BrClN2O4. The van der Waals surface area contributed by atoms with Crippen LogP contribution in [0.25, 0.3) is 0 Å². The highest BCUT2D eigenvalue weighted by Gasteiger charge is 2.39. The van der Waals surface area contributed by atoms with Crippen molar-refractivity contribution in [3.05, 3.63) is 27.5 Å². The molecule has 0 spiro atoms. The molecule has 1 aromatic rings. The van der Waals surface area contributed by atoms with Crippen LogP contribution in [-0.4, -0.2) is 50.7 Å². The van der Waals surface area contributed by atoms with Gasteiger partial charge in [0.25, 0.3) is 5.91 Å². The first-order valence-corrected chi connectivity index (χ1v) is 6.60. The summed E-state index contributed by atoms with van der Waals surface area (Å²) in [7, 11) is 0. The summed E-state index contributed by atoms with van der Waals surface area (Å²) in [4.78, 5) is 28.3. The number of hydrogen-bond acceptors (Lipinski definition) is 4. The predicted molar refractivity (Wildman–Crippen MR) is 70.0 cm³/mol. The lowest BCUT2D eigenvalue weighted by Gasteiger charge is -2.21. The molecular weight excluding hydrogens is 339 g/mol. The van der Waals surface area contributed by atoms with Crippen molar-refractivity contribution in [2.75, 3.05) is 6.54 Å². The fraction of sp³-hybridized carbons (Fsp3) is 0.364. The molecule has 1 saturated heterocycles.